The average molecular weight is 376 g/mol. The van der Waals surface area contributed by atoms with Gasteiger partial charge >= 0.3 is 6.03 Å². The smallest absolute Gasteiger partial charge is 0.317 e. The zero-order valence-electron chi connectivity index (χ0n) is 14.3. The van der Waals surface area contributed by atoms with Gasteiger partial charge < -0.3 is 25.0 Å². The van der Waals surface area contributed by atoms with Crippen LogP contribution in [-0.2, 0) is 4.79 Å². The first-order valence-electron chi connectivity index (χ1n) is 7.91. The third-order valence-corrected chi connectivity index (χ3v) is 4.23. The minimum absolute atomic E-state index is 0.252. The summed E-state index contributed by atoms with van der Waals surface area (Å²) in [6.45, 7) is 0.252. The lowest BCUT2D eigenvalue weighted by Gasteiger charge is -2.19. The van der Waals surface area contributed by atoms with Gasteiger partial charge in [-0.1, -0.05) is 17.7 Å². The number of benzene rings is 2. The number of hydrogen-bond acceptors (Lipinski definition) is 4. The quantitative estimate of drug-likeness (QED) is 0.841. The number of nitrogens with zero attached hydrogens (tertiary/aromatic N) is 1. The Hall–Kier alpha value is -2.93. The zero-order valence-corrected chi connectivity index (χ0v) is 15.0. The van der Waals surface area contributed by atoms with Crippen LogP contribution in [0.4, 0.5) is 10.5 Å². The molecule has 0 saturated carbocycles. The number of carbonyl (C=O) groups is 2. The minimum atomic E-state index is -0.593. The van der Waals surface area contributed by atoms with Crippen LogP contribution in [0.2, 0.25) is 5.02 Å². The summed E-state index contributed by atoms with van der Waals surface area (Å²) in [5, 5.41) is 5.97. The second-order valence-corrected chi connectivity index (χ2v) is 6.16. The van der Waals surface area contributed by atoms with Crippen molar-refractivity contribution in [3.05, 3.63) is 47.5 Å². The highest BCUT2D eigenvalue weighted by Gasteiger charge is 2.33. The fourth-order valence-electron chi connectivity index (χ4n) is 2.59. The fraction of sp³-hybridized carbons (Fsp3) is 0.222. The number of amides is 3. The summed E-state index contributed by atoms with van der Waals surface area (Å²) in [5.74, 6) is 1.25. The van der Waals surface area contributed by atoms with Crippen molar-refractivity contribution in [1.29, 1.82) is 0 Å². The van der Waals surface area contributed by atoms with Crippen LogP contribution >= 0.6 is 11.6 Å². The normalized spacial score (nSPS) is 16.2. The highest BCUT2D eigenvalue weighted by Crippen LogP contribution is 2.32. The predicted octanol–water partition coefficient (Wildman–Crippen LogP) is 3.10. The number of likely N-dealkylation sites (N-methyl/N-ethyl adjacent to an activating group) is 1. The molecule has 0 spiro atoms. The van der Waals surface area contributed by atoms with Gasteiger partial charge in [0, 0.05) is 24.7 Å². The molecular weight excluding hydrogens is 358 g/mol. The Morgan fingerprint density at radius 1 is 1.27 bits per heavy atom. The SMILES string of the molecule is COc1ccc(Oc2cccc(Cl)c2)cc1NC(=O)C1CNC(=O)N1C. The Bertz CT molecular complexity index is 843. The Labute approximate surface area is 155 Å². The maximum Gasteiger partial charge on any atom is 0.317 e. The first kappa shape index (κ1) is 17.9. The third kappa shape index (κ3) is 3.83. The van der Waals surface area contributed by atoms with E-state index >= 15 is 0 Å². The van der Waals surface area contributed by atoms with E-state index in [0.29, 0.717) is 28.0 Å². The third-order valence-electron chi connectivity index (χ3n) is 4.00. The van der Waals surface area contributed by atoms with E-state index in [9.17, 15) is 9.59 Å². The van der Waals surface area contributed by atoms with E-state index in [0.717, 1.165) is 0 Å². The molecule has 1 atom stereocenters. The van der Waals surface area contributed by atoms with Crippen molar-refractivity contribution < 1.29 is 19.1 Å². The number of nitrogens with one attached hydrogen (secondary N) is 2. The molecule has 1 aliphatic rings. The Kier molecular flexibility index (Phi) is 5.18. The molecule has 1 unspecified atom stereocenters. The van der Waals surface area contributed by atoms with E-state index in [2.05, 4.69) is 10.6 Å². The molecule has 2 aromatic carbocycles. The van der Waals surface area contributed by atoms with Gasteiger partial charge in [0.25, 0.3) is 0 Å². The number of carbonyl (C=O) groups excluding carboxylic acids is 2. The summed E-state index contributed by atoms with van der Waals surface area (Å²) >= 11 is 5.96. The number of urea groups is 1. The van der Waals surface area contributed by atoms with E-state index in [-0.39, 0.29) is 18.5 Å². The van der Waals surface area contributed by atoms with E-state index in [1.165, 1.54) is 12.0 Å². The Morgan fingerprint density at radius 3 is 2.69 bits per heavy atom. The Balaban J connectivity index is 1.79. The van der Waals surface area contributed by atoms with Gasteiger partial charge in [0.05, 0.1) is 12.8 Å². The molecular formula is C18H18ClN3O4. The molecule has 0 radical (unpaired) electrons. The van der Waals surface area contributed by atoms with Crippen molar-refractivity contribution in [2.75, 3.05) is 26.0 Å². The molecule has 0 bridgehead atoms. The number of halogens is 1. The van der Waals surface area contributed by atoms with E-state index in [1.807, 2.05) is 0 Å². The van der Waals surface area contributed by atoms with Gasteiger partial charge in [0.15, 0.2) is 0 Å². The molecule has 1 fully saturated rings. The van der Waals surface area contributed by atoms with E-state index in [4.69, 9.17) is 21.1 Å². The molecule has 0 aliphatic carbocycles. The molecule has 3 rings (SSSR count). The lowest BCUT2D eigenvalue weighted by molar-refractivity contribution is -0.119. The average Bonchev–Trinajstić information content (AvgIpc) is 2.94. The fourth-order valence-corrected chi connectivity index (χ4v) is 2.77. The highest BCUT2D eigenvalue weighted by molar-refractivity contribution is 6.30. The molecule has 3 amide bonds. The molecule has 136 valence electrons. The second kappa shape index (κ2) is 7.53. The molecule has 8 heteroatoms. The molecule has 2 aromatic rings. The molecule has 1 aliphatic heterocycles. The second-order valence-electron chi connectivity index (χ2n) is 5.72. The van der Waals surface area contributed by atoms with Gasteiger partial charge in [-0.05, 0) is 30.3 Å². The van der Waals surface area contributed by atoms with Gasteiger partial charge in [-0.2, -0.15) is 0 Å². The van der Waals surface area contributed by atoms with E-state index in [1.54, 1.807) is 49.5 Å². The van der Waals surface area contributed by atoms with Gasteiger partial charge in [-0.25, -0.2) is 4.79 Å². The van der Waals surface area contributed by atoms with Crippen LogP contribution < -0.4 is 20.1 Å². The lowest BCUT2D eigenvalue weighted by atomic mass is 10.2. The maximum atomic E-state index is 12.5. The molecule has 0 aromatic heterocycles. The first-order valence-corrected chi connectivity index (χ1v) is 8.28. The van der Waals surface area contributed by atoms with Crippen LogP contribution in [0, 0.1) is 0 Å². The van der Waals surface area contributed by atoms with Crippen molar-refractivity contribution in [3.8, 4) is 17.2 Å². The van der Waals surface area contributed by atoms with Gasteiger partial charge in [0.2, 0.25) is 5.91 Å². The highest BCUT2D eigenvalue weighted by atomic mass is 35.5. The van der Waals surface area contributed by atoms with Gasteiger partial charge in [-0.3, -0.25) is 4.79 Å². The van der Waals surface area contributed by atoms with Crippen LogP contribution in [0.25, 0.3) is 0 Å². The molecule has 1 saturated heterocycles. The number of anilines is 1. The zero-order chi connectivity index (χ0) is 18.7. The molecule has 2 N–H and O–H groups in total. The van der Waals surface area contributed by atoms with Crippen LogP contribution in [0.5, 0.6) is 17.2 Å². The van der Waals surface area contributed by atoms with Gasteiger partial charge in [-0.15, -0.1) is 0 Å². The summed E-state index contributed by atoms with van der Waals surface area (Å²) in [5.41, 5.74) is 0.449. The van der Waals surface area contributed by atoms with Crippen molar-refractivity contribution in [2.24, 2.45) is 0 Å². The predicted molar refractivity (Wildman–Crippen MR) is 98.1 cm³/mol. The largest absolute Gasteiger partial charge is 0.495 e. The number of ether oxygens (including phenoxy) is 2. The maximum absolute atomic E-state index is 12.5. The summed E-state index contributed by atoms with van der Waals surface area (Å²) in [6, 6.07) is 11.2. The van der Waals surface area contributed by atoms with Crippen molar-refractivity contribution in [3.63, 3.8) is 0 Å². The minimum Gasteiger partial charge on any atom is -0.495 e. The van der Waals surface area contributed by atoms with Crippen LogP contribution in [-0.4, -0.2) is 43.6 Å². The van der Waals surface area contributed by atoms with Crippen LogP contribution in [0.15, 0.2) is 42.5 Å². The van der Waals surface area contributed by atoms with Crippen LogP contribution in [0.3, 0.4) is 0 Å². The molecule has 26 heavy (non-hydrogen) atoms. The number of rotatable bonds is 5. The molecule has 1 heterocycles. The summed E-state index contributed by atoms with van der Waals surface area (Å²) in [7, 11) is 3.08. The standard InChI is InChI=1S/C18H18ClN3O4/c1-22-15(10-20-18(22)24)17(23)21-14-9-13(6-7-16(14)25-2)26-12-5-3-4-11(19)8-12/h3-9,15H,10H2,1-2H3,(H,20,24)(H,21,23). The van der Waals surface area contributed by atoms with Crippen molar-refractivity contribution in [2.45, 2.75) is 6.04 Å². The van der Waals surface area contributed by atoms with Crippen molar-refractivity contribution >= 4 is 29.2 Å². The molecule has 7 nitrogen and oxygen atoms in total. The summed E-state index contributed by atoms with van der Waals surface area (Å²) in [4.78, 5) is 25.4. The Morgan fingerprint density at radius 2 is 2.04 bits per heavy atom. The monoisotopic (exact) mass is 375 g/mol. The van der Waals surface area contributed by atoms with E-state index < -0.39 is 6.04 Å². The first-order chi connectivity index (χ1) is 12.5. The van der Waals surface area contributed by atoms with Crippen molar-refractivity contribution in [1.82, 2.24) is 10.2 Å². The topological polar surface area (TPSA) is 79.9 Å². The number of methoxy groups -OCH3 is 1. The summed E-state index contributed by atoms with van der Waals surface area (Å²) < 4.78 is 11.1. The summed E-state index contributed by atoms with van der Waals surface area (Å²) in [6.07, 6.45) is 0. The number of hydrogen-bond donors (Lipinski definition) is 2. The lowest BCUT2D eigenvalue weighted by Crippen LogP contribution is -2.40. The van der Waals surface area contributed by atoms with Gasteiger partial charge in [0.1, 0.15) is 23.3 Å². The van der Waals surface area contributed by atoms with Crippen LogP contribution in [0.1, 0.15) is 0 Å².